The van der Waals surface area contributed by atoms with E-state index in [0.29, 0.717) is 38.5 Å². The van der Waals surface area contributed by atoms with Crippen molar-refractivity contribution < 1.29 is 58.4 Å². The molecule has 2 amide bonds. The van der Waals surface area contributed by atoms with Gasteiger partial charge in [0.2, 0.25) is 5.91 Å². The molecule has 2 saturated heterocycles. The first-order chi connectivity index (χ1) is 20.1. The number of aliphatic hydroxyl groups excluding tert-OH is 4. The van der Waals surface area contributed by atoms with Crippen molar-refractivity contribution in [3.05, 3.63) is 11.9 Å². The van der Waals surface area contributed by atoms with Crippen LogP contribution in [0.5, 0.6) is 0 Å². The summed E-state index contributed by atoms with van der Waals surface area (Å²) in [6, 6.07) is -0.894. The van der Waals surface area contributed by atoms with E-state index >= 15 is 0 Å². The lowest BCUT2D eigenvalue weighted by Crippen LogP contribution is -2.68. The Labute approximate surface area is 243 Å². The van der Waals surface area contributed by atoms with Gasteiger partial charge in [-0.3, -0.25) is 14.3 Å². The zero-order chi connectivity index (χ0) is 30.8. The Kier molecular flexibility index (Phi) is 13.4. The second-order valence-electron chi connectivity index (χ2n) is 10.1. The third-order valence-corrected chi connectivity index (χ3v) is 7.01. The van der Waals surface area contributed by atoms with Crippen LogP contribution in [0.2, 0.25) is 0 Å². The van der Waals surface area contributed by atoms with Crippen molar-refractivity contribution >= 4 is 11.8 Å². The highest BCUT2D eigenvalue weighted by molar-refractivity contribution is 5.81. The number of ether oxygens (including phenoxy) is 6. The molecule has 3 rings (SSSR count). The molecule has 17 heteroatoms. The highest BCUT2D eigenvalue weighted by Crippen LogP contribution is 2.30. The molecule has 2 aliphatic rings. The molecule has 6 N–H and O–H groups in total. The van der Waals surface area contributed by atoms with Crippen LogP contribution in [0.3, 0.4) is 0 Å². The largest absolute Gasteiger partial charge is 0.394 e. The van der Waals surface area contributed by atoms with Gasteiger partial charge in [-0.15, -0.1) is 5.10 Å². The maximum atomic E-state index is 13.1. The molecule has 42 heavy (non-hydrogen) atoms. The van der Waals surface area contributed by atoms with Crippen LogP contribution < -0.4 is 10.6 Å². The Balaban J connectivity index is 1.59. The maximum Gasteiger partial charge on any atom is 0.252 e. The molecule has 0 bridgehead atoms. The highest BCUT2D eigenvalue weighted by Gasteiger charge is 2.52. The van der Waals surface area contributed by atoms with Gasteiger partial charge in [0.15, 0.2) is 12.4 Å². The van der Waals surface area contributed by atoms with Crippen LogP contribution in [0.25, 0.3) is 0 Å². The number of carbonyl (C=O) groups is 2. The maximum absolute atomic E-state index is 13.1. The Bertz CT molecular complexity index is 985. The van der Waals surface area contributed by atoms with Crippen molar-refractivity contribution in [2.24, 2.45) is 0 Å². The fourth-order valence-corrected chi connectivity index (χ4v) is 4.85. The van der Waals surface area contributed by atoms with E-state index < -0.39 is 79.6 Å². The van der Waals surface area contributed by atoms with Crippen molar-refractivity contribution in [1.82, 2.24) is 25.6 Å². The summed E-state index contributed by atoms with van der Waals surface area (Å²) in [5.74, 6) is -1.06. The first kappa shape index (κ1) is 34.2. The van der Waals surface area contributed by atoms with Crippen molar-refractivity contribution in [2.75, 3.05) is 40.6 Å². The third kappa shape index (κ3) is 8.85. The summed E-state index contributed by atoms with van der Waals surface area (Å²) < 4.78 is 34.5. The second kappa shape index (κ2) is 16.5. The summed E-state index contributed by atoms with van der Waals surface area (Å²) >= 11 is 0. The van der Waals surface area contributed by atoms with Crippen LogP contribution in [-0.4, -0.2) is 149 Å². The summed E-state index contributed by atoms with van der Waals surface area (Å²) in [6.45, 7) is 4.23. The number of methoxy groups -OCH3 is 2. The average Bonchev–Trinajstić information content (AvgIpc) is 3.42. The molecular weight excluding hydrogens is 562 g/mol. The Morgan fingerprint density at radius 2 is 1.86 bits per heavy atom. The molecule has 240 valence electrons. The van der Waals surface area contributed by atoms with Crippen LogP contribution in [0.4, 0.5) is 0 Å². The van der Waals surface area contributed by atoms with Gasteiger partial charge in [0, 0.05) is 34.2 Å². The van der Waals surface area contributed by atoms with Gasteiger partial charge in [-0.25, -0.2) is 0 Å². The molecule has 0 radical (unpaired) electrons. The lowest BCUT2D eigenvalue weighted by atomic mass is 9.92. The predicted octanol–water partition coefficient (Wildman–Crippen LogP) is -3.56. The molecule has 0 aliphatic carbocycles. The van der Waals surface area contributed by atoms with Gasteiger partial charge in [-0.1, -0.05) is 5.21 Å². The number of aliphatic hydroxyl groups is 4. The van der Waals surface area contributed by atoms with Gasteiger partial charge in [0.25, 0.3) is 5.91 Å². The third-order valence-electron chi connectivity index (χ3n) is 7.01. The van der Waals surface area contributed by atoms with E-state index in [2.05, 4.69) is 20.9 Å². The van der Waals surface area contributed by atoms with E-state index in [9.17, 15) is 30.0 Å². The number of amides is 2. The minimum Gasteiger partial charge on any atom is -0.394 e. The SMILES string of the molecule is COCCOCc1cn(CCCNC(=O)C2O[C@@H](O[C@@H]3C(NC(C)=O)[C@H](C)OC(CO)[C@H]3O)C(O)[C@@H](O)[C@@H]2OC)nn1. The van der Waals surface area contributed by atoms with E-state index in [4.69, 9.17) is 28.4 Å². The summed E-state index contributed by atoms with van der Waals surface area (Å²) in [6.07, 6.45) is -9.64. The van der Waals surface area contributed by atoms with Crippen LogP contribution in [0.15, 0.2) is 6.20 Å². The summed E-state index contributed by atoms with van der Waals surface area (Å²) in [4.78, 5) is 24.9. The van der Waals surface area contributed by atoms with E-state index in [0.717, 1.165) is 0 Å². The van der Waals surface area contributed by atoms with E-state index in [1.54, 1.807) is 24.9 Å². The average molecular weight is 606 g/mol. The topological polar surface area (TPSA) is 225 Å². The Hall–Kier alpha value is -2.32. The first-order valence-corrected chi connectivity index (χ1v) is 13.8. The number of nitrogens with one attached hydrogen (secondary N) is 2. The number of nitrogens with zero attached hydrogens (tertiary/aromatic N) is 3. The molecule has 2 aliphatic heterocycles. The molecule has 10 atom stereocenters. The van der Waals surface area contributed by atoms with Crippen LogP contribution in [0, 0.1) is 0 Å². The number of aromatic nitrogens is 3. The van der Waals surface area contributed by atoms with Gasteiger partial charge in [-0.2, -0.15) is 0 Å². The second-order valence-corrected chi connectivity index (χ2v) is 10.1. The Morgan fingerprint density at radius 3 is 2.52 bits per heavy atom. The fourth-order valence-electron chi connectivity index (χ4n) is 4.85. The fraction of sp³-hybridized carbons (Fsp3) is 0.840. The molecular formula is C25H43N5O12. The molecule has 17 nitrogen and oxygen atoms in total. The predicted molar refractivity (Wildman–Crippen MR) is 141 cm³/mol. The molecule has 0 spiro atoms. The summed E-state index contributed by atoms with van der Waals surface area (Å²) in [7, 11) is 2.85. The molecule has 1 aromatic heterocycles. The molecule has 4 unspecified atom stereocenters. The first-order valence-electron chi connectivity index (χ1n) is 13.8. The van der Waals surface area contributed by atoms with E-state index in [-0.39, 0.29) is 6.54 Å². The minimum absolute atomic E-state index is 0.220. The Morgan fingerprint density at radius 1 is 1.10 bits per heavy atom. The number of rotatable bonds is 15. The van der Waals surface area contributed by atoms with Gasteiger partial charge in [0.1, 0.15) is 42.3 Å². The van der Waals surface area contributed by atoms with Gasteiger partial charge >= 0.3 is 0 Å². The van der Waals surface area contributed by atoms with E-state index in [1.807, 2.05) is 0 Å². The molecule has 0 saturated carbocycles. The highest BCUT2D eigenvalue weighted by atomic mass is 16.7. The molecule has 1 aromatic rings. The number of aryl methyl sites for hydroxylation is 1. The lowest BCUT2D eigenvalue weighted by molar-refractivity contribution is -0.325. The monoisotopic (exact) mass is 605 g/mol. The van der Waals surface area contributed by atoms with E-state index in [1.165, 1.54) is 14.0 Å². The van der Waals surface area contributed by atoms with Crippen LogP contribution in [-0.2, 0) is 51.2 Å². The van der Waals surface area contributed by atoms with Gasteiger partial charge < -0.3 is 59.5 Å². The van der Waals surface area contributed by atoms with Crippen molar-refractivity contribution in [3.8, 4) is 0 Å². The van der Waals surface area contributed by atoms with Gasteiger partial charge in [0.05, 0.1) is 44.8 Å². The normalized spacial score (nSPS) is 33.3. The number of hydrogen-bond acceptors (Lipinski definition) is 14. The minimum atomic E-state index is -1.67. The van der Waals surface area contributed by atoms with Crippen LogP contribution >= 0.6 is 0 Å². The smallest absolute Gasteiger partial charge is 0.252 e. The van der Waals surface area contributed by atoms with Crippen molar-refractivity contribution in [1.29, 1.82) is 0 Å². The molecule has 0 aromatic carbocycles. The lowest BCUT2D eigenvalue weighted by Gasteiger charge is -2.47. The van der Waals surface area contributed by atoms with Crippen LogP contribution in [0.1, 0.15) is 26.0 Å². The standard InChI is InChI=1S/C25H43N5O12/c1-13-17(27-14(2)32)21(18(33)16(11-31)40-13)41-25-20(35)19(34)22(38-4)23(42-25)24(36)26-6-5-7-30-10-15(28-29-30)12-39-9-8-37-3/h10,13,16-23,25,31,33-35H,5-9,11-12H2,1-4H3,(H,26,36)(H,27,32)/t13-,16?,17?,18+,19+,20?,21+,22-,23?,25+/m0/s1. The zero-order valence-electron chi connectivity index (χ0n) is 24.2. The van der Waals surface area contributed by atoms with Crippen molar-refractivity contribution in [2.45, 2.75) is 94.6 Å². The van der Waals surface area contributed by atoms with Gasteiger partial charge in [-0.05, 0) is 13.3 Å². The molecule has 3 heterocycles. The number of carbonyl (C=O) groups excluding carboxylic acids is 2. The van der Waals surface area contributed by atoms with Crippen molar-refractivity contribution in [3.63, 3.8) is 0 Å². The quantitative estimate of drug-likeness (QED) is 0.106. The summed E-state index contributed by atoms with van der Waals surface area (Å²) in [5.41, 5.74) is 0.655. The summed E-state index contributed by atoms with van der Waals surface area (Å²) in [5, 5.41) is 55.3. The zero-order valence-corrected chi connectivity index (χ0v) is 24.2. The molecule has 2 fully saturated rings. The number of hydrogen-bond donors (Lipinski definition) is 6.